The van der Waals surface area contributed by atoms with Crippen molar-refractivity contribution in [3.05, 3.63) is 46.7 Å². The molecule has 1 fully saturated rings. The summed E-state index contributed by atoms with van der Waals surface area (Å²) in [7, 11) is 0. The van der Waals surface area contributed by atoms with Gasteiger partial charge in [0.2, 0.25) is 5.91 Å². The Labute approximate surface area is 167 Å². The summed E-state index contributed by atoms with van der Waals surface area (Å²) in [6.07, 6.45) is 1.42. The number of nitrogens with one attached hydrogen (secondary N) is 1. The molecule has 1 aromatic heterocycles. The van der Waals surface area contributed by atoms with Gasteiger partial charge in [0.05, 0.1) is 11.5 Å². The molecule has 1 aliphatic heterocycles. The Morgan fingerprint density at radius 2 is 2.11 bits per heavy atom. The highest BCUT2D eigenvalue weighted by molar-refractivity contribution is 7.12. The third-order valence-electron chi connectivity index (χ3n) is 4.31. The summed E-state index contributed by atoms with van der Waals surface area (Å²) in [4.78, 5) is 39.0. The minimum absolute atomic E-state index is 0.112. The van der Waals surface area contributed by atoms with Crippen LogP contribution in [0.2, 0.25) is 0 Å². The monoisotopic (exact) mass is 402 g/mol. The van der Waals surface area contributed by atoms with Crippen molar-refractivity contribution in [2.75, 3.05) is 25.1 Å². The molecule has 1 saturated heterocycles. The van der Waals surface area contributed by atoms with Crippen molar-refractivity contribution >= 4 is 34.8 Å². The molecule has 148 valence electrons. The quantitative estimate of drug-likeness (QED) is 0.720. The van der Waals surface area contributed by atoms with E-state index in [0.717, 1.165) is 6.42 Å². The Balaban J connectivity index is 1.61. The van der Waals surface area contributed by atoms with Gasteiger partial charge in [-0.25, -0.2) is 4.79 Å². The number of amides is 2. The smallest absolute Gasteiger partial charge is 0.344 e. The maximum atomic E-state index is 12.7. The minimum atomic E-state index is -0.501. The molecule has 7 nitrogen and oxygen atoms in total. The lowest BCUT2D eigenvalue weighted by atomic mass is 10.2. The molecular weight excluding hydrogens is 380 g/mol. The molecule has 2 aromatic rings. The van der Waals surface area contributed by atoms with E-state index in [2.05, 4.69) is 5.32 Å². The molecule has 2 amide bonds. The van der Waals surface area contributed by atoms with Crippen LogP contribution >= 0.6 is 11.3 Å². The van der Waals surface area contributed by atoms with Crippen molar-refractivity contribution in [1.29, 1.82) is 0 Å². The Morgan fingerprint density at radius 1 is 1.25 bits per heavy atom. The van der Waals surface area contributed by atoms with Gasteiger partial charge < -0.3 is 19.7 Å². The number of thiophene rings is 1. The molecule has 0 unspecified atom stereocenters. The molecule has 1 atom stereocenters. The standard InChI is InChI=1S/C20H22N2O5S/c1-2-26-18(23)13-27-15-7-3-6-14(12-15)21-19(24)16-8-4-10-22(16)20(25)17-9-5-11-28-17/h3,5-7,9,11-12,16H,2,4,8,10,13H2,1H3,(H,21,24)/t16-/m0/s1. The average molecular weight is 402 g/mol. The fraction of sp³-hybridized carbons (Fsp3) is 0.350. The summed E-state index contributed by atoms with van der Waals surface area (Å²) < 4.78 is 10.2. The van der Waals surface area contributed by atoms with E-state index in [4.69, 9.17) is 9.47 Å². The van der Waals surface area contributed by atoms with E-state index in [1.807, 2.05) is 11.4 Å². The van der Waals surface area contributed by atoms with Gasteiger partial charge in [0.15, 0.2) is 6.61 Å². The largest absolute Gasteiger partial charge is 0.482 e. The van der Waals surface area contributed by atoms with E-state index in [-0.39, 0.29) is 18.4 Å². The van der Waals surface area contributed by atoms with Gasteiger partial charge in [-0.3, -0.25) is 9.59 Å². The highest BCUT2D eigenvalue weighted by Crippen LogP contribution is 2.24. The number of nitrogens with zero attached hydrogens (tertiary/aromatic N) is 1. The summed E-state index contributed by atoms with van der Waals surface area (Å²) in [5.74, 6) is -0.349. The zero-order valence-electron chi connectivity index (χ0n) is 15.6. The predicted octanol–water partition coefficient (Wildman–Crippen LogP) is 2.93. The minimum Gasteiger partial charge on any atom is -0.482 e. The number of carbonyl (C=O) groups excluding carboxylic acids is 3. The maximum Gasteiger partial charge on any atom is 0.344 e. The molecule has 0 spiro atoms. The third kappa shape index (κ3) is 4.89. The highest BCUT2D eigenvalue weighted by Gasteiger charge is 2.34. The van der Waals surface area contributed by atoms with Crippen LogP contribution in [0.4, 0.5) is 5.69 Å². The van der Waals surface area contributed by atoms with E-state index in [0.29, 0.717) is 35.9 Å². The number of benzene rings is 1. The Hall–Kier alpha value is -2.87. The molecule has 1 aromatic carbocycles. The van der Waals surface area contributed by atoms with Crippen LogP contribution in [-0.2, 0) is 14.3 Å². The number of esters is 1. The zero-order valence-corrected chi connectivity index (χ0v) is 16.4. The van der Waals surface area contributed by atoms with Crippen LogP contribution in [0.25, 0.3) is 0 Å². The van der Waals surface area contributed by atoms with Crippen molar-refractivity contribution in [2.24, 2.45) is 0 Å². The van der Waals surface area contributed by atoms with Gasteiger partial charge in [-0.05, 0) is 43.3 Å². The van der Waals surface area contributed by atoms with Crippen LogP contribution in [0.5, 0.6) is 5.75 Å². The molecule has 0 bridgehead atoms. The maximum absolute atomic E-state index is 12.7. The summed E-state index contributed by atoms with van der Waals surface area (Å²) in [6.45, 7) is 2.39. The van der Waals surface area contributed by atoms with Gasteiger partial charge in [0.1, 0.15) is 11.8 Å². The second-order valence-corrected chi connectivity index (χ2v) is 7.19. The highest BCUT2D eigenvalue weighted by atomic mass is 32.1. The fourth-order valence-electron chi connectivity index (χ4n) is 3.06. The number of rotatable bonds is 7. The number of anilines is 1. The summed E-state index contributed by atoms with van der Waals surface area (Å²) in [5.41, 5.74) is 0.543. The molecule has 8 heteroatoms. The van der Waals surface area contributed by atoms with Crippen molar-refractivity contribution in [3.8, 4) is 5.75 Å². The van der Waals surface area contributed by atoms with Crippen LogP contribution < -0.4 is 10.1 Å². The Bertz CT molecular complexity index is 837. The molecule has 0 saturated carbocycles. The molecule has 28 heavy (non-hydrogen) atoms. The van der Waals surface area contributed by atoms with E-state index in [1.54, 1.807) is 42.2 Å². The van der Waals surface area contributed by atoms with E-state index >= 15 is 0 Å². The molecular formula is C20H22N2O5S. The van der Waals surface area contributed by atoms with Crippen molar-refractivity contribution in [3.63, 3.8) is 0 Å². The van der Waals surface area contributed by atoms with E-state index in [9.17, 15) is 14.4 Å². The predicted molar refractivity (Wildman–Crippen MR) is 106 cm³/mol. The number of hydrogen-bond acceptors (Lipinski definition) is 6. The second-order valence-electron chi connectivity index (χ2n) is 6.24. The lowest BCUT2D eigenvalue weighted by molar-refractivity contribution is -0.145. The first-order valence-corrected chi connectivity index (χ1v) is 10.00. The molecule has 0 radical (unpaired) electrons. The van der Waals surface area contributed by atoms with Crippen molar-refractivity contribution in [1.82, 2.24) is 4.90 Å². The molecule has 2 heterocycles. The lowest BCUT2D eigenvalue weighted by Crippen LogP contribution is -2.42. The first kappa shape index (κ1) is 19.9. The van der Waals surface area contributed by atoms with Gasteiger partial charge in [-0.1, -0.05) is 12.1 Å². The normalized spacial score (nSPS) is 15.9. The first-order chi connectivity index (χ1) is 13.6. The summed E-state index contributed by atoms with van der Waals surface area (Å²) in [6, 6.07) is 9.87. The SMILES string of the molecule is CCOC(=O)COc1cccc(NC(=O)[C@@H]2CCCN2C(=O)c2cccs2)c1. The molecule has 1 aliphatic rings. The van der Waals surface area contributed by atoms with Crippen LogP contribution in [0, 0.1) is 0 Å². The summed E-state index contributed by atoms with van der Waals surface area (Å²) in [5, 5.41) is 4.69. The zero-order chi connectivity index (χ0) is 19.9. The Kier molecular flexibility index (Phi) is 6.65. The van der Waals surface area contributed by atoms with Gasteiger partial charge >= 0.3 is 5.97 Å². The van der Waals surface area contributed by atoms with Crippen molar-refractivity contribution in [2.45, 2.75) is 25.8 Å². The first-order valence-electron chi connectivity index (χ1n) is 9.12. The number of ether oxygens (including phenoxy) is 2. The van der Waals surface area contributed by atoms with Gasteiger partial charge in [0, 0.05) is 18.3 Å². The number of likely N-dealkylation sites (tertiary alicyclic amines) is 1. The van der Waals surface area contributed by atoms with Gasteiger partial charge in [-0.2, -0.15) is 0 Å². The lowest BCUT2D eigenvalue weighted by Gasteiger charge is -2.23. The number of hydrogen-bond donors (Lipinski definition) is 1. The summed E-state index contributed by atoms with van der Waals surface area (Å²) >= 11 is 1.37. The van der Waals surface area contributed by atoms with Crippen LogP contribution in [0.1, 0.15) is 29.4 Å². The van der Waals surface area contributed by atoms with Crippen LogP contribution in [0.3, 0.4) is 0 Å². The molecule has 3 rings (SSSR count). The molecule has 0 aliphatic carbocycles. The second kappa shape index (κ2) is 9.36. The van der Waals surface area contributed by atoms with E-state index < -0.39 is 12.0 Å². The van der Waals surface area contributed by atoms with Gasteiger partial charge in [0.25, 0.3) is 5.91 Å². The third-order valence-corrected chi connectivity index (χ3v) is 5.17. The molecule has 1 N–H and O–H groups in total. The fourth-order valence-corrected chi connectivity index (χ4v) is 3.74. The van der Waals surface area contributed by atoms with E-state index in [1.165, 1.54) is 11.3 Å². The van der Waals surface area contributed by atoms with Crippen LogP contribution in [0.15, 0.2) is 41.8 Å². The van der Waals surface area contributed by atoms with Crippen LogP contribution in [-0.4, -0.2) is 48.5 Å². The topological polar surface area (TPSA) is 84.9 Å². The number of carbonyl (C=O) groups is 3. The Morgan fingerprint density at radius 3 is 2.86 bits per heavy atom. The average Bonchev–Trinajstić information content (AvgIpc) is 3.38. The van der Waals surface area contributed by atoms with Gasteiger partial charge in [-0.15, -0.1) is 11.3 Å². The van der Waals surface area contributed by atoms with Crippen molar-refractivity contribution < 1.29 is 23.9 Å².